The molecule has 0 spiro atoms. The fraction of sp³-hybridized carbons (Fsp3) is 0.250. The molecule has 0 amide bonds. The molecule has 20 heavy (non-hydrogen) atoms. The van der Waals surface area contributed by atoms with Crippen molar-refractivity contribution < 1.29 is 9.53 Å². The highest BCUT2D eigenvalue weighted by molar-refractivity contribution is 7.16. The van der Waals surface area contributed by atoms with Crippen molar-refractivity contribution in [2.75, 3.05) is 7.11 Å². The predicted molar refractivity (Wildman–Crippen MR) is 81.4 cm³/mol. The van der Waals surface area contributed by atoms with Gasteiger partial charge in [0.15, 0.2) is 0 Å². The molecule has 0 radical (unpaired) electrons. The molecule has 4 heteroatoms. The molecule has 0 N–H and O–H groups in total. The van der Waals surface area contributed by atoms with Crippen LogP contribution < -0.4 is 0 Å². The zero-order valence-corrected chi connectivity index (χ0v) is 12.1. The van der Waals surface area contributed by atoms with E-state index in [1.54, 1.807) is 17.6 Å². The largest absolute Gasteiger partial charge is 0.465 e. The second kappa shape index (κ2) is 5.59. The number of carbonyl (C=O) groups is 1. The lowest BCUT2D eigenvalue weighted by Gasteiger charge is -2.01. The Morgan fingerprint density at radius 1 is 1.30 bits per heavy atom. The summed E-state index contributed by atoms with van der Waals surface area (Å²) in [7, 11) is 1.42. The Morgan fingerprint density at radius 2 is 2.10 bits per heavy atom. The molecule has 0 unspecified atom stereocenters. The van der Waals surface area contributed by atoms with Gasteiger partial charge in [-0.05, 0) is 30.4 Å². The molecule has 0 saturated heterocycles. The fourth-order valence-corrected chi connectivity index (χ4v) is 3.69. The van der Waals surface area contributed by atoms with E-state index in [0.29, 0.717) is 5.56 Å². The van der Waals surface area contributed by atoms with Crippen LogP contribution >= 0.6 is 11.3 Å². The average Bonchev–Trinajstić information content (AvgIpc) is 3.05. The summed E-state index contributed by atoms with van der Waals surface area (Å²) in [5, 5.41) is 0.769. The third-order valence-corrected chi connectivity index (χ3v) is 4.62. The Morgan fingerprint density at radius 3 is 2.85 bits per heavy atom. The molecule has 3 rings (SSSR count). The zero-order chi connectivity index (χ0) is 13.9. The van der Waals surface area contributed by atoms with Gasteiger partial charge in [-0.1, -0.05) is 30.3 Å². The highest BCUT2D eigenvalue weighted by Crippen LogP contribution is 2.41. The van der Waals surface area contributed by atoms with Gasteiger partial charge in [0, 0.05) is 11.1 Å². The molecule has 1 aromatic carbocycles. The smallest absolute Gasteiger partial charge is 0.341 e. The number of carbonyl (C=O) groups excluding carboxylic acids is 1. The standard InChI is InChI=1S/C16H15NO2S/c1-19-16(18)14-12-8-5-9-13(12)20-15(14)17-10-11-6-3-2-4-7-11/h2-4,6-7,10H,5,8-9H2,1H3. The lowest BCUT2D eigenvalue weighted by atomic mass is 10.1. The number of benzene rings is 1. The number of hydrogen-bond donors (Lipinski definition) is 0. The Balaban J connectivity index is 1.98. The summed E-state index contributed by atoms with van der Waals surface area (Å²) < 4.78 is 4.91. The molecule has 1 aliphatic rings. The summed E-state index contributed by atoms with van der Waals surface area (Å²) in [5.74, 6) is -0.274. The molecular weight excluding hydrogens is 270 g/mol. The van der Waals surface area contributed by atoms with Crippen molar-refractivity contribution in [3.63, 3.8) is 0 Å². The van der Waals surface area contributed by atoms with Gasteiger partial charge in [-0.15, -0.1) is 11.3 Å². The minimum absolute atomic E-state index is 0.274. The van der Waals surface area contributed by atoms with Gasteiger partial charge < -0.3 is 4.74 Å². The summed E-state index contributed by atoms with van der Waals surface area (Å²) in [6, 6.07) is 9.88. The van der Waals surface area contributed by atoms with Crippen molar-refractivity contribution in [3.05, 3.63) is 51.9 Å². The second-order valence-corrected chi connectivity index (χ2v) is 5.78. The van der Waals surface area contributed by atoms with Gasteiger partial charge >= 0.3 is 5.97 Å². The van der Waals surface area contributed by atoms with Gasteiger partial charge in [-0.3, -0.25) is 0 Å². The predicted octanol–water partition coefficient (Wildman–Crippen LogP) is 3.77. The number of hydrogen-bond acceptors (Lipinski definition) is 4. The van der Waals surface area contributed by atoms with Crippen LogP contribution in [0.4, 0.5) is 5.00 Å². The molecule has 0 aliphatic heterocycles. The Hall–Kier alpha value is -1.94. The van der Waals surface area contributed by atoms with E-state index < -0.39 is 0 Å². The van der Waals surface area contributed by atoms with Crippen LogP contribution in [0.15, 0.2) is 35.3 Å². The fourth-order valence-electron chi connectivity index (χ4n) is 2.47. The first-order valence-corrected chi connectivity index (χ1v) is 7.43. The lowest BCUT2D eigenvalue weighted by Crippen LogP contribution is -2.02. The molecule has 102 valence electrons. The van der Waals surface area contributed by atoms with E-state index in [4.69, 9.17) is 4.74 Å². The Kier molecular flexibility index (Phi) is 3.65. The molecule has 0 bridgehead atoms. The number of ether oxygens (including phenoxy) is 1. The topological polar surface area (TPSA) is 38.7 Å². The van der Waals surface area contributed by atoms with E-state index >= 15 is 0 Å². The Labute approximate surface area is 121 Å². The maximum Gasteiger partial charge on any atom is 0.341 e. The molecular formula is C16H15NO2S. The first-order valence-electron chi connectivity index (χ1n) is 6.61. The molecule has 1 aliphatic carbocycles. The number of fused-ring (bicyclic) bond motifs is 1. The third-order valence-electron chi connectivity index (χ3n) is 3.42. The van der Waals surface area contributed by atoms with E-state index in [1.807, 2.05) is 30.3 Å². The van der Waals surface area contributed by atoms with Gasteiger partial charge in [-0.2, -0.15) is 0 Å². The van der Waals surface area contributed by atoms with Crippen LogP contribution in [0.3, 0.4) is 0 Å². The summed E-state index contributed by atoms with van der Waals surface area (Å²) in [4.78, 5) is 17.8. The van der Waals surface area contributed by atoms with E-state index in [2.05, 4.69) is 4.99 Å². The van der Waals surface area contributed by atoms with Gasteiger partial charge in [0.25, 0.3) is 0 Å². The molecule has 0 saturated carbocycles. The SMILES string of the molecule is COC(=O)c1c(N=Cc2ccccc2)sc2c1CCC2. The zero-order valence-electron chi connectivity index (χ0n) is 11.3. The first kappa shape index (κ1) is 13.1. The highest BCUT2D eigenvalue weighted by Gasteiger charge is 2.26. The van der Waals surface area contributed by atoms with Gasteiger partial charge in [-0.25, -0.2) is 9.79 Å². The van der Waals surface area contributed by atoms with Crippen molar-refractivity contribution in [2.24, 2.45) is 4.99 Å². The van der Waals surface area contributed by atoms with Gasteiger partial charge in [0.2, 0.25) is 0 Å². The number of methoxy groups -OCH3 is 1. The number of esters is 1. The maximum atomic E-state index is 12.0. The third kappa shape index (κ3) is 2.39. The van der Waals surface area contributed by atoms with E-state index in [9.17, 15) is 4.79 Å². The number of thiophene rings is 1. The molecule has 1 aromatic heterocycles. The minimum atomic E-state index is -0.274. The van der Waals surface area contributed by atoms with Crippen LogP contribution in [-0.2, 0) is 17.6 Å². The molecule has 2 aromatic rings. The quantitative estimate of drug-likeness (QED) is 0.636. The van der Waals surface area contributed by atoms with Gasteiger partial charge in [0.05, 0.1) is 12.7 Å². The summed E-state index contributed by atoms with van der Waals surface area (Å²) in [5.41, 5.74) is 2.83. The Bertz CT molecular complexity index is 659. The first-order chi connectivity index (χ1) is 9.79. The molecule has 0 fully saturated rings. The van der Waals surface area contributed by atoms with Crippen molar-refractivity contribution in [1.82, 2.24) is 0 Å². The molecule has 1 heterocycles. The van der Waals surface area contributed by atoms with E-state index in [1.165, 1.54) is 12.0 Å². The van der Waals surface area contributed by atoms with E-state index in [0.717, 1.165) is 35.4 Å². The number of nitrogens with zero attached hydrogens (tertiary/aromatic N) is 1. The maximum absolute atomic E-state index is 12.0. The second-order valence-electron chi connectivity index (χ2n) is 4.70. The number of rotatable bonds is 3. The normalized spacial score (nSPS) is 13.7. The highest BCUT2D eigenvalue weighted by atomic mass is 32.1. The van der Waals surface area contributed by atoms with Crippen LogP contribution in [0, 0.1) is 0 Å². The summed E-state index contributed by atoms with van der Waals surface area (Å²) >= 11 is 1.61. The minimum Gasteiger partial charge on any atom is -0.465 e. The molecule has 0 atom stereocenters. The summed E-state index contributed by atoms with van der Waals surface area (Å²) in [6.07, 6.45) is 4.92. The lowest BCUT2D eigenvalue weighted by molar-refractivity contribution is 0.0601. The van der Waals surface area contributed by atoms with Gasteiger partial charge in [0.1, 0.15) is 5.00 Å². The number of aryl methyl sites for hydroxylation is 1. The summed E-state index contributed by atoms with van der Waals surface area (Å²) in [6.45, 7) is 0. The van der Waals surface area contributed by atoms with Crippen LogP contribution in [0.5, 0.6) is 0 Å². The van der Waals surface area contributed by atoms with Crippen LogP contribution in [0.2, 0.25) is 0 Å². The van der Waals surface area contributed by atoms with Crippen LogP contribution in [-0.4, -0.2) is 19.3 Å². The van der Waals surface area contributed by atoms with Crippen molar-refractivity contribution in [3.8, 4) is 0 Å². The van der Waals surface area contributed by atoms with Crippen molar-refractivity contribution >= 4 is 28.5 Å². The van der Waals surface area contributed by atoms with Crippen LogP contribution in [0.25, 0.3) is 0 Å². The molecule has 3 nitrogen and oxygen atoms in total. The van der Waals surface area contributed by atoms with Crippen LogP contribution in [0.1, 0.15) is 32.8 Å². The monoisotopic (exact) mass is 285 g/mol. The van der Waals surface area contributed by atoms with Crippen molar-refractivity contribution in [2.45, 2.75) is 19.3 Å². The van der Waals surface area contributed by atoms with Crippen molar-refractivity contribution in [1.29, 1.82) is 0 Å². The number of aliphatic imine (C=N–C) groups is 1. The average molecular weight is 285 g/mol. The van der Waals surface area contributed by atoms with E-state index in [-0.39, 0.29) is 5.97 Å².